The maximum absolute atomic E-state index is 5.09. The Morgan fingerprint density at radius 2 is 0.955 bits per heavy atom. The fraction of sp³-hybridized carbons (Fsp3) is 0. The van der Waals surface area contributed by atoms with Crippen molar-refractivity contribution >= 4 is 43.9 Å². The number of benzene rings is 4. The van der Waals surface area contributed by atoms with Gasteiger partial charge < -0.3 is 4.57 Å². The van der Waals surface area contributed by atoms with Crippen molar-refractivity contribution in [2.24, 2.45) is 0 Å². The van der Waals surface area contributed by atoms with Crippen LogP contribution in [0.2, 0.25) is 0 Å². The van der Waals surface area contributed by atoms with Crippen LogP contribution in [-0.2, 0) is 0 Å². The van der Waals surface area contributed by atoms with Gasteiger partial charge in [-0.25, -0.2) is 4.98 Å². The molecule has 0 saturated heterocycles. The van der Waals surface area contributed by atoms with Gasteiger partial charge in [0.15, 0.2) is 11.6 Å². The van der Waals surface area contributed by atoms with Crippen LogP contribution in [0, 0.1) is 0 Å². The van der Waals surface area contributed by atoms with E-state index in [2.05, 4.69) is 63.7 Å². The van der Waals surface area contributed by atoms with Crippen LogP contribution in [0.3, 0.4) is 0 Å². The molecule has 0 bridgehead atoms. The molecule has 0 atom stereocenters. The van der Waals surface area contributed by atoms with Crippen LogP contribution in [0.1, 0.15) is 0 Å². The normalized spacial score (nSPS) is 11.6. The summed E-state index contributed by atoms with van der Waals surface area (Å²) < 4.78 is 4.39. The lowest BCUT2D eigenvalue weighted by atomic mass is 10.2. The van der Waals surface area contributed by atoms with Gasteiger partial charge >= 0.3 is 0 Å². The second kappa shape index (κ2) is 9.68. The van der Waals surface area contributed by atoms with E-state index in [1.54, 1.807) is 6.20 Å². The van der Waals surface area contributed by atoms with Gasteiger partial charge in [0.1, 0.15) is 16.6 Å². The van der Waals surface area contributed by atoms with Gasteiger partial charge in [-0.05, 0) is 30.3 Å². The molecule has 0 unspecified atom stereocenters. The molecule has 7 heteroatoms. The number of fused-ring (bicyclic) bond motifs is 6. The Kier molecular flexibility index (Phi) is 5.36. The molecule has 7 nitrogen and oxygen atoms in total. The number of aromatic nitrogens is 7. The highest BCUT2D eigenvalue weighted by atomic mass is 15.2. The van der Waals surface area contributed by atoms with Crippen LogP contribution in [0.5, 0.6) is 0 Å². The molecule has 0 aliphatic rings. The Balaban J connectivity index is 1.43. The van der Waals surface area contributed by atoms with E-state index in [1.165, 1.54) is 10.8 Å². The quantitative estimate of drug-likeness (QED) is 0.215. The zero-order chi connectivity index (χ0) is 29.0. The zero-order valence-electron chi connectivity index (χ0n) is 23.4. The highest BCUT2D eigenvalue weighted by Gasteiger charge is 2.23. The number of para-hydroxylation sites is 2. The van der Waals surface area contributed by atoms with Crippen LogP contribution in [0.15, 0.2) is 140 Å². The van der Waals surface area contributed by atoms with E-state index in [0.717, 1.165) is 49.9 Å². The molecule has 0 aliphatic carbocycles. The Morgan fingerprint density at radius 3 is 1.59 bits per heavy atom. The molecule has 0 aliphatic heterocycles. The van der Waals surface area contributed by atoms with Gasteiger partial charge in [-0.2, -0.15) is 9.97 Å². The maximum atomic E-state index is 5.09. The van der Waals surface area contributed by atoms with E-state index < -0.39 is 0 Å². The molecule has 0 radical (unpaired) electrons. The first kappa shape index (κ1) is 24.4. The molecule has 0 spiro atoms. The number of hydrogen-bond donors (Lipinski definition) is 0. The van der Waals surface area contributed by atoms with Crippen LogP contribution in [0.4, 0.5) is 0 Å². The summed E-state index contributed by atoms with van der Waals surface area (Å²) in [5.41, 5.74) is 8.31. The van der Waals surface area contributed by atoms with Crippen LogP contribution in [0.25, 0.3) is 78.3 Å². The first-order chi connectivity index (χ1) is 21.8. The Hall–Kier alpha value is -6.21. The van der Waals surface area contributed by atoms with Crippen molar-refractivity contribution in [3.63, 3.8) is 0 Å². The molecular formula is C37H23N7. The minimum Gasteiger partial charge on any atom is -0.307 e. The predicted molar refractivity (Wildman–Crippen MR) is 175 cm³/mol. The second-order valence-corrected chi connectivity index (χ2v) is 10.6. The molecule has 4 aromatic carbocycles. The molecular weight excluding hydrogens is 542 g/mol. The van der Waals surface area contributed by atoms with Gasteiger partial charge in [0.25, 0.3) is 0 Å². The largest absolute Gasteiger partial charge is 0.307 e. The molecule has 0 fully saturated rings. The maximum Gasteiger partial charge on any atom is 0.238 e. The van der Waals surface area contributed by atoms with Crippen molar-refractivity contribution in [3.05, 3.63) is 140 Å². The Labute approximate surface area is 251 Å². The van der Waals surface area contributed by atoms with Gasteiger partial charge in [-0.3, -0.25) is 14.5 Å². The van der Waals surface area contributed by atoms with Gasteiger partial charge in [0.05, 0.1) is 22.2 Å². The summed E-state index contributed by atoms with van der Waals surface area (Å²) >= 11 is 0. The van der Waals surface area contributed by atoms with Crippen LogP contribution < -0.4 is 0 Å². The Morgan fingerprint density at radius 1 is 0.409 bits per heavy atom. The lowest BCUT2D eigenvalue weighted by Gasteiger charge is -2.14. The van der Waals surface area contributed by atoms with Crippen molar-refractivity contribution in [1.82, 2.24) is 34.1 Å². The van der Waals surface area contributed by atoms with E-state index in [9.17, 15) is 0 Å². The van der Waals surface area contributed by atoms with Crippen LogP contribution >= 0.6 is 0 Å². The summed E-state index contributed by atoms with van der Waals surface area (Å²) in [5, 5.41) is 2.37. The standard InChI is InChI=1S/C37H23N7/c1-3-12-24(13-4-1)35-40-36(25-14-5-2-6-15-25)42-37(41-35)44-30-20-11-22-38-32(30)33-34(44)31(21-23-39-33)43-28-18-9-7-16-26(28)27-17-8-10-19-29(27)43/h1-23H. The van der Waals surface area contributed by atoms with Gasteiger partial charge in [0, 0.05) is 34.3 Å². The van der Waals surface area contributed by atoms with E-state index >= 15 is 0 Å². The first-order valence-electron chi connectivity index (χ1n) is 14.5. The zero-order valence-corrected chi connectivity index (χ0v) is 23.4. The third-order valence-electron chi connectivity index (χ3n) is 8.09. The number of nitrogens with zero attached hydrogens (tertiary/aromatic N) is 7. The second-order valence-electron chi connectivity index (χ2n) is 10.6. The van der Waals surface area contributed by atoms with Crippen molar-refractivity contribution in [2.45, 2.75) is 0 Å². The average molecular weight is 566 g/mol. The lowest BCUT2D eigenvalue weighted by molar-refractivity contribution is 0.948. The molecule has 5 heterocycles. The molecule has 44 heavy (non-hydrogen) atoms. The highest BCUT2D eigenvalue weighted by Crippen LogP contribution is 2.38. The molecule has 9 rings (SSSR count). The number of rotatable bonds is 4. The van der Waals surface area contributed by atoms with Crippen molar-refractivity contribution in [1.29, 1.82) is 0 Å². The van der Waals surface area contributed by atoms with Crippen molar-refractivity contribution < 1.29 is 0 Å². The van der Waals surface area contributed by atoms with Gasteiger partial charge in [-0.15, -0.1) is 0 Å². The number of pyridine rings is 2. The third-order valence-corrected chi connectivity index (χ3v) is 8.09. The molecule has 0 amide bonds. The van der Waals surface area contributed by atoms with E-state index in [1.807, 2.05) is 79.0 Å². The third kappa shape index (κ3) is 3.66. The molecule has 5 aromatic heterocycles. The van der Waals surface area contributed by atoms with Gasteiger partial charge in [-0.1, -0.05) is 97.1 Å². The molecule has 0 saturated carbocycles. The average Bonchev–Trinajstić information content (AvgIpc) is 3.62. The fourth-order valence-electron chi connectivity index (χ4n) is 6.19. The highest BCUT2D eigenvalue weighted by molar-refractivity contribution is 6.12. The van der Waals surface area contributed by atoms with Crippen molar-refractivity contribution in [2.75, 3.05) is 0 Å². The topological polar surface area (TPSA) is 74.3 Å². The molecule has 9 aromatic rings. The first-order valence-corrected chi connectivity index (χ1v) is 14.5. The van der Waals surface area contributed by atoms with E-state index in [-0.39, 0.29) is 0 Å². The smallest absolute Gasteiger partial charge is 0.238 e. The predicted octanol–water partition coefficient (Wildman–Crippen LogP) is 8.19. The summed E-state index contributed by atoms with van der Waals surface area (Å²) in [4.78, 5) is 24.8. The molecule has 206 valence electrons. The van der Waals surface area contributed by atoms with E-state index in [4.69, 9.17) is 24.9 Å². The SMILES string of the molecule is c1ccc(-c2nc(-c3ccccc3)nc(-n3c4cccnc4c4nccc(-n5c6ccccc6c6ccccc65)c43)n2)cc1. The van der Waals surface area contributed by atoms with Crippen molar-refractivity contribution in [3.8, 4) is 34.4 Å². The summed E-state index contributed by atoms with van der Waals surface area (Å²) in [6.07, 6.45) is 3.66. The minimum absolute atomic E-state index is 0.501. The molecule has 0 N–H and O–H groups in total. The van der Waals surface area contributed by atoms with Gasteiger partial charge in [0.2, 0.25) is 5.95 Å². The lowest BCUT2D eigenvalue weighted by Crippen LogP contribution is -2.08. The summed E-state index contributed by atoms with van der Waals surface area (Å²) in [6.45, 7) is 0. The summed E-state index contributed by atoms with van der Waals surface area (Å²) in [5.74, 6) is 1.69. The monoisotopic (exact) mass is 565 g/mol. The number of hydrogen-bond acceptors (Lipinski definition) is 5. The summed E-state index contributed by atoms with van der Waals surface area (Å²) in [7, 11) is 0. The Bertz CT molecular complexity index is 2390. The van der Waals surface area contributed by atoms with Crippen LogP contribution in [-0.4, -0.2) is 34.1 Å². The fourth-order valence-corrected chi connectivity index (χ4v) is 6.19. The minimum atomic E-state index is 0.501. The summed E-state index contributed by atoms with van der Waals surface area (Å²) in [6, 6.07) is 43.1. The van der Waals surface area contributed by atoms with E-state index in [0.29, 0.717) is 17.6 Å².